The quantitative estimate of drug-likeness (QED) is 0.453. The van der Waals surface area contributed by atoms with E-state index in [9.17, 15) is 21.6 Å². The van der Waals surface area contributed by atoms with E-state index in [1.165, 1.54) is 0 Å². The topological polar surface area (TPSA) is 145 Å². The van der Waals surface area contributed by atoms with Crippen LogP contribution in [0.4, 0.5) is 0 Å². The van der Waals surface area contributed by atoms with Crippen LogP contribution in [-0.2, 0) is 20.0 Å². The van der Waals surface area contributed by atoms with Crippen molar-refractivity contribution in [1.82, 2.24) is 14.4 Å². The van der Waals surface area contributed by atoms with E-state index in [-0.39, 0.29) is 23.7 Å². The molecule has 9 nitrogen and oxygen atoms in total. The van der Waals surface area contributed by atoms with E-state index in [0.717, 1.165) is 18.5 Å². The fourth-order valence-electron chi connectivity index (χ4n) is 1.16. The van der Waals surface area contributed by atoms with Crippen molar-refractivity contribution in [2.75, 3.05) is 19.3 Å². The average molecular weight is 311 g/mol. The fourth-order valence-corrected chi connectivity index (χ4v) is 2.66. The van der Waals surface area contributed by atoms with Gasteiger partial charge in [0.15, 0.2) is 0 Å². The number of sulfonamides is 2. The number of nitrogens with one attached hydrogen (secondary N) is 3. The lowest BCUT2D eigenvalue weighted by Gasteiger charge is -2.05. The van der Waals surface area contributed by atoms with Crippen molar-refractivity contribution in [2.24, 2.45) is 0 Å². The monoisotopic (exact) mass is 311 g/mol. The molecule has 0 atom stereocenters. The molecule has 0 amide bonds. The van der Waals surface area contributed by atoms with E-state index in [2.05, 4.69) is 14.4 Å². The van der Waals surface area contributed by atoms with Crippen LogP contribution in [0.2, 0.25) is 0 Å². The standard InChI is InChI=1S/C8H13N3O6S2/c1-18(14,15)10-2-3-11-19(16,17)6-4-7(8(12)13)9-5-6/h4-5,9-11H,2-3H2,1H3,(H,12,13). The lowest BCUT2D eigenvalue weighted by molar-refractivity contribution is 0.0691. The number of aromatic amines is 1. The fraction of sp³-hybridized carbons (Fsp3) is 0.375. The van der Waals surface area contributed by atoms with Gasteiger partial charge in [-0.25, -0.2) is 31.1 Å². The zero-order chi connectivity index (χ0) is 14.7. The summed E-state index contributed by atoms with van der Waals surface area (Å²) >= 11 is 0. The van der Waals surface area contributed by atoms with Gasteiger partial charge >= 0.3 is 5.97 Å². The third kappa shape index (κ3) is 4.98. The molecule has 1 heterocycles. The summed E-state index contributed by atoms with van der Waals surface area (Å²) in [6.07, 6.45) is 1.99. The van der Waals surface area contributed by atoms with Gasteiger partial charge in [0.1, 0.15) is 10.6 Å². The average Bonchev–Trinajstić information content (AvgIpc) is 2.73. The molecule has 108 valence electrons. The summed E-state index contributed by atoms with van der Waals surface area (Å²) in [5.74, 6) is -1.28. The molecule has 11 heteroatoms. The molecule has 0 aromatic carbocycles. The van der Waals surface area contributed by atoms with Crippen LogP contribution in [0.3, 0.4) is 0 Å². The summed E-state index contributed by atoms with van der Waals surface area (Å²) in [5.41, 5.74) is -0.255. The van der Waals surface area contributed by atoms with Crippen molar-refractivity contribution in [1.29, 1.82) is 0 Å². The summed E-state index contributed by atoms with van der Waals surface area (Å²) in [7, 11) is -7.25. The highest BCUT2D eigenvalue weighted by Gasteiger charge is 2.17. The molecule has 0 aliphatic rings. The molecule has 0 saturated carbocycles. The van der Waals surface area contributed by atoms with E-state index in [1.807, 2.05) is 0 Å². The number of hydrogen-bond donors (Lipinski definition) is 4. The first-order valence-corrected chi connectivity index (χ1v) is 8.35. The maximum atomic E-state index is 11.7. The van der Waals surface area contributed by atoms with Gasteiger partial charge in [-0.15, -0.1) is 0 Å². The molecule has 1 aromatic rings. The molecule has 19 heavy (non-hydrogen) atoms. The first-order chi connectivity index (χ1) is 8.62. The van der Waals surface area contributed by atoms with Crippen molar-refractivity contribution < 1.29 is 26.7 Å². The Kier molecular flexibility index (Phi) is 4.68. The van der Waals surface area contributed by atoms with Gasteiger partial charge in [0.2, 0.25) is 20.0 Å². The van der Waals surface area contributed by atoms with E-state index in [0.29, 0.717) is 0 Å². The molecule has 0 aliphatic heterocycles. The molecule has 0 saturated heterocycles. The summed E-state index contributed by atoms with van der Waals surface area (Å²) in [6, 6.07) is 0.967. The summed E-state index contributed by atoms with van der Waals surface area (Å²) < 4.78 is 49.1. The molecular weight excluding hydrogens is 298 g/mol. The van der Waals surface area contributed by atoms with E-state index >= 15 is 0 Å². The van der Waals surface area contributed by atoms with E-state index in [4.69, 9.17) is 5.11 Å². The summed E-state index contributed by atoms with van der Waals surface area (Å²) in [6.45, 7) is -0.253. The number of carboxylic acid groups (broad SMARTS) is 1. The van der Waals surface area contributed by atoms with Crippen LogP contribution in [0.1, 0.15) is 10.5 Å². The minimum atomic E-state index is -3.87. The minimum Gasteiger partial charge on any atom is -0.477 e. The Hall–Kier alpha value is -1.43. The van der Waals surface area contributed by atoms with Gasteiger partial charge < -0.3 is 10.1 Å². The second-order valence-electron chi connectivity index (χ2n) is 3.62. The van der Waals surface area contributed by atoms with Crippen LogP contribution in [-0.4, -0.2) is 52.2 Å². The minimum absolute atomic E-state index is 0.103. The zero-order valence-corrected chi connectivity index (χ0v) is 11.5. The first-order valence-electron chi connectivity index (χ1n) is 4.98. The van der Waals surface area contributed by atoms with Gasteiger partial charge in [0, 0.05) is 19.3 Å². The molecule has 1 aromatic heterocycles. The number of rotatable bonds is 7. The lowest BCUT2D eigenvalue weighted by Crippen LogP contribution is -2.34. The number of carbonyl (C=O) groups is 1. The van der Waals surface area contributed by atoms with Gasteiger partial charge in [-0.3, -0.25) is 0 Å². The highest BCUT2D eigenvalue weighted by molar-refractivity contribution is 7.89. The Labute approximate surface area is 110 Å². The Balaban J connectivity index is 2.63. The van der Waals surface area contributed by atoms with Gasteiger partial charge in [-0.2, -0.15) is 0 Å². The van der Waals surface area contributed by atoms with E-state index in [1.54, 1.807) is 0 Å². The molecule has 0 aliphatic carbocycles. The Morgan fingerprint density at radius 2 is 1.84 bits per heavy atom. The van der Waals surface area contributed by atoms with Crippen LogP contribution in [0.15, 0.2) is 17.2 Å². The molecule has 0 spiro atoms. The smallest absolute Gasteiger partial charge is 0.352 e. The summed E-state index contributed by atoms with van der Waals surface area (Å²) in [4.78, 5) is 12.7. The SMILES string of the molecule is CS(=O)(=O)NCCNS(=O)(=O)c1c[nH]c(C(=O)O)c1. The predicted molar refractivity (Wildman–Crippen MR) is 65.8 cm³/mol. The van der Waals surface area contributed by atoms with Crippen LogP contribution >= 0.6 is 0 Å². The Morgan fingerprint density at radius 3 is 2.32 bits per heavy atom. The Bertz CT molecular complexity index is 660. The lowest BCUT2D eigenvalue weighted by atomic mass is 10.4. The molecule has 1 rings (SSSR count). The number of carboxylic acids is 1. The van der Waals surface area contributed by atoms with Gasteiger partial charge in [-0.1, -0.05) is 0 Å². The van der Waals surface area contributed by atoms with E-state index < -0.39 is 26.0 Å². The van der Waals surface area contributed by atoms with Crippen LogP contribution in [0, 0.1) is 0 Å². The molecule has 0 radical (unpaired) electrons. The number of aromatic carboxylic acids is 1. The van der Waals surface area contributed by atoms with Gasteiger partial charge in [0.05, 0.1) is 6.26 Å². The third-order valence-electron chi connectivity index (χ3n) is 1.98. The molecule has 0 bridgehead atoms. The van der Waals surface area contributed by atoms with Crippen molar-refractivity contribution in [3.8, 4) is 0 Å². The largest absolute Gasteiger partial charge is 0.477 e. The predicted octanol–water partition coefficient (Wildman–Crippen LogP) is -1.46. The molecule has 0 fully saturated rings. The molecular formula is C8H13N3O6S2. The molecule has 0 unspecified atom stereocenters. The van der Waals surface area contributed by atoms with Crippen LogP contribution in [0.25, 0.3) is 0 Å². The second kappa shape index (κ2) is 5.69. The number of hydrogen-bond acceptors (Lipinski definition) is 5. The zero-order valence-electron chi connectivity index (χ0n) is 9.87. The van der Waals surface area contributed by atoms with Gasteiger partial charge in [0.25, 0.3) is 0 Å². The van der Waals surface area contributed by atoms with Crippen molar-refractivity contribution in [3.05, 3.63) is 18.0 Å². The maximum Gasteiger partial charge on any atom is 0.352 e. The Morgan fingerprint density at radius 1 is 1.26 bits per heavy atom. The third-order valence-corrected chi connectivity index (χ3v) is 4.15. The highest BCUT2D eigenvalue weighted by atomic mass is 32.2. The highest BCUT2D eigenvalue weighted by Crippen LogP contribution is 2.10. The van der Waals surface area contributed by atoms with Crippen LogP contribution in [0.5, 0.6) is 0 Å². The first kappa shape index (κ1) is 15.6. The van der Waals surface area contributed by atoms with Gasteiger partial charge in [-0.05, 0) is 6.07 Å². The van der Waals surface area contributed by atoms with Crippen molar-refractivity contribution in [3.63, 3.8) is 0 Å². The van der Waals surface area contributed by atoms with Crippen LogP contribution < -0.4 is 9.44 Å². The number of aromatic nitrogens is 1. The maximum absolute atomic E-state index is 11.7. The number of H-pyrrole nitrogens is 1. The second-order valence-corrected chi connectivity index (χ2v) is 7.22. The van der Waals surface area contributed by atoms with Crippen molar-refractivity contribution in [2.45, 2.75) is 4.90 Å². The summed E-state index contributed by atoms with van der Waals surface area (Å²) in [5, 5.41) is 8.64. The normalized spacial score (nSPS) is 12.5. The molecule has 4 N–H and O–H groups in total. The van der Waals surface area contributed by atoms with Crippen molar-refractivity contribution >= 4 is 26.0 Å².